The van der Waals surface area contributed by atoms with Crippen molar-refractivity contribution in [1.82, 2.24) is 15.2 Å². The molecule has 1 aliphatic carbocycles. The van der Waals surface area contributed by atoms with Gasteiger partial charge >= 0.3 is 0 Å². The smallest absolute Gasteiger partial charge is 0.191 e. The number of aliphatic imine (C=N–C) groups is 1. The Balaban J connectivity index is 0.00000242. The van der Waals surface area contributed by atoms with Crippen LogP contribution in [0.1, 0.15) is 39.0 Å². The minimum atomic E-state index is -0.596. The van der Waals surface area contributed by atoms with Gasteiger partial charge in [0, 0.05) is 32.0 Å². The Kier molecular flexibility index (Phi) is 8.85. The maximum atomic E-state index is 10.5. The van der Waals surface area contributed by atoms with Gasteiger partial charge in [-0.1, -0.05) is 19.3 Å². The molecule has 0 atom stereocenters. The van der Waals surface area contributed by atoms with Crippen LogP contribution in [0.15, 0.2) is 29.5 Å². The number of hydrogen-bond donors (Lipinski definition) is 3. The average Bonchev–Trinajstić information content (AvgIpc) is 2.99. The Morgan fingerprint density at radius 1 is 1.18 bits per heavy atom. The highest BCUT2D eigenvalue weighted by Crippen LogP contribution is 2.28. The molecule has 1 aromatic rings. The van der Waals surface area contributed by atoms with E-state index in [-0.39, 0.29) is 24.0 Å². The Bertz CT molecular complexity index is 427. The van der Waals surface area contributed by atoms with Crippen LogP contribution in [0.25, 0.3) is 0 Å². The predicted octanol–water partition coefficient (Wildman–Crippen LogP) is 2.36. The van der Waals surface area contributed by atoms with Crippen molar-refractivity contribution in [2.75, 3.05) is 19.6 Å². The highest BCUT2D eigenvalue weighted by atomic mass is 127. The van der Waals surface area contributed by atoms with Gasteiger partial charge in [0.1, 0.15) is 0 Å². The number of halogens is 1. The quantitative estimate of drug-likeness (QED) is 0.376. The summed E-state index contributed by atoms with van der Waals surface area (Å²) in [7, 11) is 0. The van der Waals surface area contributed by atoms with E-state index in [9.17, 15) is 5.11 Å². The summed E-state index contributed by atoms with van der Waals surface area (Å²) in [6, 6.07) is 4.05. The maximum absolute atomic E-state index is 10.5. The first-order valence-electron chi connectivity index (χ1n) is 8.07. The van der Waals surface area contributed by atoms with Crippen molar-refractivity contribution in [3.05, 3.63) is 24.5 Å². The Hall–Kier alpha value is -0.760. The fourth-order valence-corrected chi connectivity index (χ4v) is 2.76. The van der Waals surface area contributed by atoms with Crippen LogP contribution in [-0.2, 0) is 6.54 Å². The molecule has 1 aromatic heterocycles. The second kappa shape index (κ2) is 10.1. The number of hydrogen-bond acceptors (Lipinski definition) is 2. The second-order valence-electron chi connectivity index (χ2n) is 5.83. The monoisotopic (exact) mass is 420 g/mol. The molecule has 5 nitrogen and oxygen atoms in total. The molecule has 22 heavy (non-hydrogen) atoms. The summed E-state index contributed by atoms with van der Waals surface area (Å²) >= 11 is 0. The van der Waals surface area contributed by atoms with Crippen LogP contribution in [0.2, 0.25) is 0 Å². The Morgan fingerprint density at radius 3 is 2.50 bits per heavy atom. The SMILES string of the molecule is CCNC(=NCC1(O)CCCCC1)NCCn1cccc1.I. The zero-order valence-corrected chi connectivity index (χ0v) is 15.8. The lowest BCUT2D eigenvalue weighted by Crippen LogP contribution is -2.41. The largest absolute Gasteiger partial charge is 0.388 e. The van der Waals surface area contributed by atoms with Gasteiger partial charge in [-0.3, -0.25) is 4.99 Å². The first kappa shape index (κ1) is 19.3. The fourth-order valence-electron chi connectivity index (χ4n) is 2.76. The van der Waals surface area contributed by atoms with Gasteiger partial charge in [0.15, 0.2) is 5.96 Å². The van der Waals surface area contributed by atoms with E-state index in [1.165, 1.54) is 6.42 Å². The predicted molar refractivity (Wildman–Crippen MR) is 102 cm³/mol. The van der Waals surface area contributed by atoms with E-state index in [0.29, 0.717) is 6.54 Å². The molecule has 1 aliphatic rings. The number of aliphatic hydroxyl groups is 1. The summed E-state index contributed by atoms with van der Waals surface area (Å²) in [5, 5.41) is 17.1. The van der Waals surface area contributed by atoms with Crippen molar-refractivity contribution in [3.63, 3.8) is 0 Å². The zero-order valence-electron chi connectivity index (χ0n) is 13.4. The molecule has 0 amide bonds. The summed E-state index contributed by atoms with van der Waals surface area (Å²) < 4.78 is 2.13. The van der Waals surface area contributed by atoms with E-state index < -0.39 is 5.60 Å². The lowest BCUT2D eigenvalue weighted by molar-refractivity contribution is 0.0131. The van der Waals surface area contributed by atoms with Crippen LogP contribution < -0.4 is 10.6 Å². The van der Waals surface area contributed by atoms with Crippen molar-refractivity contribution in [2.24, 2.45) is 4.99 Å². The molecule has 1 fully saturated rings. The summed E-state index contributed by atoms with van der Waals surface area (Å²) in [6.07, 6.45) is 9.32. The molecule has 0 bridgehead atoms. The summed E-state index contributed by atoms with van der Waals surface area (Å²) in [5.74, 6) is 0.795. The number of nitrogens with one attached hydrogen (secondary N) is 2. The molecular weight excluding hydrogens is 391 g/mol. The van der Waals surface area contributed by atoms with Gasteiger partial charge < -0.3 is 20.3 Å². The molecule has 1 heterocycles. The molecule has 0 unspecified atom stereocenters. The topological polar surface area (TPSA) is 61.6 Å². The third-order valence-corrected chi connectivity index (χ3v) is 3.99. The summed E-state index contributed by atoms with van der Waals surface area (Å²) in [5.41, 5.74) is -0.596. The molecule has 0 spiro atoms. The van der Waals surface area contributed by atoms with E-state index in [1.54, 1.807) is 0 Å². The third-order valence-electron chi connectivity index (χ3n) is 3.99. The number of nitrogens with zero attached hydrogens (tertiary/aromatic N) is 2. The van der Waals surface area contributed by atoms with Crippen molar-refractivity contribution < 1.29 is 5.11 Å². The molecule has 3 N–H and O–H groups in total. The van der Waals surface area contributed by atoms with E-state index in [4.69, 9.17) is 0 Å². The molecule has 6 heteroatoms. The van der Waals surface area contributed by atoms with Crippen LogP contribution in [-0.4, -0.2) is 40.9 Å². The normalized spacial score (nSPS) is 17.6. The van der Waals surface area contributed by atoms with E-state index in [2.05, 4.69) is 39.5 Å². The third kappa shape index (κ3) is 6.56. The van der Waals surface area contributed by atoms with Crippen LogP contribution >= 0.6 is 24.0 Å². The van der Waals surface area contributed by atoms with Gasteiger partial charge in [-0.15, -0.1) is 24.0 Å². The second-order valence-corrected chi connectivity index (χ2v) is 5.83. The van der Waals surface area contributed by atoms with Crippen LogP contribution in [0.4, 0.5) is 0 Å². The molecular formula is C16H29IN4O. The average molecular weight is 420 g/mol. The molecule has 0 aliphatic heterocycles. The van der Waals surface area contributed by atoms with Crippen molar-refractivity contribution in [3.8, 4) is 0 Å². The minimum Gasteiger partial charge on any atom is -0.388 e. The van der Waals surface area contributed by atoms with Gasteiger partial charge in [-0.05, 0) is 31.9 Å². The first-order chi connectivity index (χ1) is 10.2. The number of aromatic nitrogens is 1. The maximum Gasteiger partial charge on any atom is 0.191 e. The van der Waals surface area contributed by atoms with E-state index >= 15 is 0 Å². The van der Waals surface area contributed by atoms with Crippen LogP contribution in [0.3, 0.4) is 0 Å². The Labute approximate surface area is 150 Å². The van der Waals surface area contributed by atoms with Crippen molar-refractivity contribution in [2.45, 2.75) is 51.2 Å². The van der Waals surface area contributed by atoms with Crippen molar-refractivity contribution >= 4 is 29.9 Å². The lowest BCUT2D eigenvalue weighted by atomic mass is 9.85. The zero-order chi connectivity index (χ0) is 15.0. The molecule has 0 radical (unpaired) electrons. The van der Waals surface area contributed by atoms with Gasteiger partial charge in [-0.2, -0.15) is 0 Å². The van der Waals surface area contributed by atoms with E-state index in [1.807, 2.05) is 12.1 Å². The van der Waals surface area contributed by atoms with Crippen LogP contribution in [0, 0.1) is 0 Å². The highest BCUT2D eigenvalue weighted by molar-refractivity contribution is 14.0. The Morgan fingerprint density at radius 2 is 1.86 bits per heavy atom. The number of guanidine groups is 1. The van der Waals surface area contributed by atoms with Gasteiger partial charge in [0.25, 0.3) is 0 Å². The fraction of sp³-hybridized carbons (Fsp3) is 0.688. The van der Waals surface area contributed by atoms with Gasteiger partial charge in [-0.25, -0.2) is 0 Å². The highest BCUT2D eigenvalue weighted by Gasteiger charge is 2.28. The van der Waals surface area contributed by atoms with Crippen molar-refractivity contribution in [1.29, 1.82) is 0 Å². The molecule has 2 rings (SSSR count). The summed E-state index contributed by atoms with van der Waals surface area (Å²) in [6.45, 7) is 5.10. The molecule has 0 aromatic carbocycles. The molecule has 0 saturated heterocycles. The number of rotatable bonds is 6. The van der Waals surface area contributed by atoms with Gasteiger partial charge in [0.2, 0.25) is 0 Å². The molecule has 126 valence electrons. The minimum absolute atomic E-state index is 0. The summed E-state index contributed by atoms with van der Waals surface area (Å²) in [4.78, 5) is 4.56. The first-order valence-corrected chi connectivity index (χ1v) is 8.07. The standard InChI is InChI=1S/C16H28N4O.HI/c1-2-17-15(18-10-13-20-11-6-7-12-20)19-14-16(21)8-4-3-5-9-16;/h6-7,11-12,21H,2-5,8-10,13-14H2,1H3,(H2,17,18,19);1H. The molecule has 1 saturated carbocycles. The van der Waals surface area contributed by atoms with E-state index in [0.717, 1.165) is 51.3 Å². The van der Waals surface area contributed by atoms with Gasteiger partial charge in [0.05, 0.1) is 12.1 Å². The van der Waals surface area contributed by atoms with Crippen LogP contribution in [0.5, 0.6) is 0 Å². The lowest BCUT2D eigenvalue weighted by Gasteiger charge is -2.30.